The fraction of sp³-hybridized carbons (Fsp3) is 0.500. The zero-order chi connectivity index (χ0) is 11.4. The fourth-order valence-corrected chi connectivity index (χ4v) is 1.34. The number of aromatic nitrogens is 2. The summed E-state index contributed by atoms with van der Waals surface area (Å²) in [5.74, 6) is 0.633. The second kappa shape index (κ2) is 5.27. The van der Waals surface area contributed by atoms with E-state index in [1.54, 1.807) is 6.26 Å². The Balaban J connectivity index is 2.65. The first-order valence-electron chi connectivity index (χ1n) is 4.35. The average Bonchev–Trinajstić information content (AvgIpc) is 2.18. The lowest BCUT2D eigenvalue weighted by molar-refractivity contribution is 0.679. The van der Waals surface area contributed by atoms with Crippen molar-refractivity contribution < 1.29 is 4.21 Å². The van der Waals surface area contributed by atoms with Crippen LogP contribution in [-0.2, 0) is 10.8 Å². The molecule has 0 aliphatic rings. The Bertz CT molecular complexity index is 374. The molecule has 0 saturated heterocycles. The molecule has 5 nitrogen and oxygen atoms in total. The van der Waals surface area contributed by atoms with Crippen molar-refractivity contribution in [3.63, 3.8) is 0 Å². The van der Waals surface area contributed by atoms with Gasteiger partial charge in [0.15, 0.2) is 5.82 Å². The van der Waals surface area contributed by atoms with Crippen LogP contribution in [0.5, 0.6) is 0 Å². The van der Waals surface area contributed by atoms with E-state index in [0.717, 1.165) is 0 Å². The number of halogens is 1. The number of nitrogen functional groups attached to an aromatic ring is 1. The fourth-order valence-electron chi connectivity index (χ4n) is 0.862. The second-order valence-electron chi connectivity index (χ2n) is 3.11. The first-order valence-corrected chi connectivity index (χ1v) is 6.34. The molecule has 0 saturated carbocycles. The summed E-state index contributed by atoms with van der Waals surface area (Å²) in [5.41, 5.74) is 5.41. The molecular weight excluding hydrogens is 236 g/mol. The van der Waals surface area contributed by atoms with E-state index >= 15 is 0 Å². The van der Waals surface area contributed by atoms with Crippen molar-refractivity contribution in [3.05, 3.63) is 11.2 Å². The summed E-state index contributed by atoms with van der Waals surface area (Å²) < 4.78 is 11.1. The van der Waals surface area contributed by atoms with E-state index < -0.39 is 10.8 Å². The van der Waals surface area contributed by atoms with Crippen molar-refractivity contribution in [2.75, 3.05) is 23.9 Å². The van der Waals surface area contributed by atoms with Gasteiger partial charge in [-0.25, -0.2) is 4.98 Å². The predicted octanol–water partition coefficient (Wildman–Crippen LogP) is 0.891. The standard InChI is InChI=1S/C8H13ClN4OS/c1-5(15(2)14)3-11-7-6(9)4-12-8(10)13-7/h4-5H,3H2,1-2H3,(H3,10,11,12,13). The van der Waals surface area contributed by atoms with E-state index in [0.29, 0.717) is 17.4 Å². The van der Waals surface area contributed by atoms with Crippen molar-refractivity contribution in [3.8, 4) is 0 Å². The van der Waals surface area contributed by atoms with Crippen LogP contribution in [0.2, 0.25) is 5.02 Å². The lowest BCUT2D eigenvalue weighted by atomic mass is 10.4. The van der Waals surface area contributed by atoms with Crippen LogP contribution in [0.1, 0.15) is 6.92 Å². The van der Waals surface area contributed by atoms with E-state index in [1.807, 2.05) is 6.92 Å². The Hall–Kier alpha value is -0.880. The molecule has 0 aliphatic heterocycles. The lowest BCUT2D eigenvalue weighted by Crippen LogP contribution is -2.21. The summed E-state index contributed by atoms with van der Waals surface area (Å²) in [5, 5.41) is 3.41. The van der Waals surface area contributed by atoms with Crippen LogP contribution in [-0.4, -0.2) is 32.2 Å². The summed E-state index contributed by atoms with van der Waals surface area (Å²) in [4.78, 5) is 7.66. The predicted molar refractivity (Wildman–Crippen MR) is 63.5 cm³/mol. The summed E-state index contributed by atoms with van der Waals surface area (Å²) in [6, 6.07) is 0. The third-order valence-corrected chi connectivity index (χ3v) is 3.46. The molecule has 0 spiro atoms. The Labute approximate surface area is 95.9 Å². The van der Waals surface area contributed by atoms with E-state index in [9.17, 15) is 4.21 Å². The Morgan fingerprint density at radius 2 is 2.40 bits per heavy atom. The van der Waals surface area contributed by atoms with Gasteiger partial charge in [-0.15, -0.1) is 0 Å². The molecule has 1 aromatic rings. The molecule has 0 radical (unpaired) electrons. The van der Waals surface area contributed by atoms with Crippen molar-refractivity contribution in [1.82, 2.24) is 9.97 Å². The maximum absolute atomic E-state index is 11.1. The van der Waals surface area contributed by atoms with Gasteiger partial charge in [0, 0.05) is 28.9 Å². The highest BCUT2D eigenvalue weighted by Crippen LogP contribution is 2.18. The molecule has 1 heterocycles. The average molecular weight is 249 g/mol. The Morgan fingerprint density at radius 3 is 3.00 bits per heavy atom. The molecule has 84 valence electrons. The van der Waals surface area contributed by atoms with Crippen molar-refractivity contribution in [2.24, 2.45) is 0 Å². The Morgan fingerprint density at radius 1 is 1.73 bits per heavy atom. The highest BCUT2D eigenvalue weighted by Gasteiger charge is 2.08. The van der Waals surface area contributed by atoms with E-state index in [2.05, 4.69) is 15.3 Å². The van der Waals surface area contributed by atoms with E-state index in [4.69, 9.17) is 17.3 Å². The van der Waals surface area contributed by atoms with Gasteiger partial charge in [-0.2, -0.15) is 4.98 Å². The number of anilines is 2. The molecule has 1 rings (SSSR count). The minimum Gasteiger partial charge on any atom is -0.368 e. The zero-order valence-electron chi connectivity index (χ0n) is 8.53. The topological polar surface area (TPSA) is 80.9 Å². The molecule has 15 heavy (non-hydrogen) atoms. The van der Waals surface area contributed by atoms with Crippen LogP contribution in [0.4, 0.5) is 11.8 Å². The number of hydrogen-bond donors (Lipinski definition) is 2. The van der Waals surface area contributed by atoms with Crippen molar-refractivity contribution in [1.29, 1.82) is 0 Å². The third-order valence-electron chi connectivity index (χ3n) is 1.89. The van der Waals surface area contributed by atoms with E-state index in [-0.39, 0.29) is 11.2 Å². The van der Waals surface area contributed by atoms with E-state index in [1.165, 1.54) is 6.20 Å². The molecule has 3 N–H and O–H groups in total. The van der Waals surface area contributed by atoms with Crippen LogP contribution in [0.15, 0.2) is 6.20 Å². The van der Waals surface area contributed by atoms with Gasteiger partial charge < -0.3 is 11.1 Å². The Kier molecular flexibility index (Phi) is 4.28. The molecule has 0 aromatic carbocycles. The summed E-state index contributed by atoms with van der Waals surface area (Å²) in [7, 11) is -0.876. The third kappa shape index (κ3) is 3.64. The number of hydrogen-bond acceptors (Lipinski definition) is 5. The van der Waals surface area contributed by atoms with Gasteiger partial charge in [0.25, 0.3) is 0 Å². The largest absolute Gasteiger partial charge is 0.368 e. The summed E-state index contributed by atoms with van der Waals surface area (Å²) in [6.07, 6.45) is 3.09. The van der Waals surface area contributed by atoms with Gasteiger partial charge in [0.1, 0.15) is 5.02 Å². The maximum Gasteiger partial charge on any atom is 0.222 e. The summed E-state index contributed by atoms with van der Waals surface area (Å²) >= 11 is 5.84. The SMILES string of the molecule is CC(CNc1nc(N)ncc1Cl)S(C)=O. The van der Waals surface area contributed by atoms with Crippen LogP contribution in [0.3, 0.4) is 0 Å². The highest BCUT2D eigenvalue weighted by molar-refractivity contribution is 7.84. The number of rotatable bonds is 4. The molecule has 0 amide bonds. The smallest absolute Gasteiger partial charge is 0.222 e. The first-order chi connectivity index (χ1) is 7.00. The molecule has 0 aliphatic carbocycles. The second-order valence-corrected chi connectivity index (χ2v) is 5.32. The van der Waals surface area contributed by atoms with Crippen LogP contribution < -0.4 is 11.1 Å². The molecule has 7 heteroatoms. The number of nitrogens with zero attached hydrogens (tertiary/aromatic N) is 2. The number of nitrogens with two attached hydrogens (primary N) is 1. The van der Waals surface area contributed by atoms with Crippen molar-refractivity contribution in [2.45, 2.75) is 12.2 Å². The monoisotopic (exact) mass is 248 g/mol. The molecule has 2 unspecified atom stereocenters. The normalized spacial score (nSPS) is 14.6. The minimum absolute atomic E-state index is 0.0252. The van der Waals surface area contributed by atoms with Crippen LogP contribution in [0.25, 0.3) is 0 Å². The number of nitrogens with one attached hydrogen (secondary N) is 1. The minimum atomic E-state index is -0.876. The molecule has 0 fully saturated rings. The van der Waals surface area contributed by atoms with Gasteiger partial charge in [0.05, 0.1) is 6.20 Å². The van der Waals surface area contributed by atoms with Gasteiger partial charge in [-0.3, -0.25) is 4.21 Å². The highest BCUT2D eigenvalue weighted by atomic mass is 35.5. The van der Waals surface area contributed by atoms with Gasteiger partial charge >= 0.3 is 0 Å². The molecule has 0 bridgehead atoms. The quantitative estimate of drug-likeness (QED) is 0.827. The summed E-state index contributed by atoms with van der Waals surface area (Å²) in [6.45, 7) is 2.40. The molecule has 2 atom stereocenters. The van der Waals surface area contributed by atoms with Crippen LogP contribution in [0, 0.1) is 0 Å². The first kappa shape index (κ1) is 12.2. The molecular formula is C8H13ClN4OS. The van der Waals surface area contributed by atoms with Gasteiger partial charge in [0.2, 0.25) is 5.95 Å². The maximum atomic E-state index is 11.1. The van der Waals surface area contributed by atoms with Crippen molar-refractivity contribution >= 4 is 34.2 Å². The molecule has 1 aromatic heterocycles. The van der Waals surface area contributed by atoms with Gasteiger partial charge in [-0.05, 0) is 6.92 Å². The zero-order valence-corrected chi connectivity index (χ0v) is 10.1. The van der Waals surface area contributed by atoms with Gasteiger partial charge in [-0.1, -0.05) is 11.6 Å². The van der Waals surface area contributed by atoms with Crippen LogP contribution >= 0.6 is 11.6 Å². The lowest BCUT2D eigenvalue weighted by Gasteiger charge is -2.11.